The molecule has 0 heterocycles. The number of benzene rings is 1. The van der Waals surface area contributed by atoms with Gasteiger partial charge in [0.25, 0.3) is 0 Å². The van der Waals surface area contributed by atoms with Gasteiger partial charge in [0.15, 0.2) is 11.6 Å². The van der Waals surface area contributed by atoms with Crippen molar-refractivity contribution < 1.29 is 14.2 Å². The second kappa shape index (κ2) is 3.53. The highest BCUT2D eigenvalue weighted by Gasteiger charge is 2.48. The van der Waals surface area contributed by atoms with Crippen molar-refractivity contribution in [2.24, 2.45) is 0 Å². The first-order valence-corrected chi connectivity index (χ1v) is 5.10. The van der Waals surface area contributed by atoms with Crippen LogP contribution in [0.15, 0.2) is 6.07 Å². The van der Waals surface area contributed by atoms with Crippen molar-refractivity contribution in [3.05, 3.63) is 22.5 Å². The monoisotopic (exact) mass is 241 g/mol. The highest BCUT2D eigenvalue weighted by Crippen LogP contribution is 2.54. The standard InChI is InChI=1S/C11H9ClFNO2/c1-16-10-6(11(5-14)2-3-11)4-7(13)9(15)8(10)12/h4,15H,2-3H2,1H3. The Balaban J connectivity index is 2.67. The number of hydrogen-bond donors (Lipinski definition) is 1. The molecular formula is C11H9ClFNO2. The Morgan fingerprint density at radius 2 is 2.25 bits per heavy atom. The van der Waals surface area contributed by atoms with E-state index in [2.05, 4.69) is 6.07 Å². The minimum Gasteiger partial charge on any atom is -0.504 e. The van der Waals surface area contributed by atoms with Crippen molar-refractivity contribution >= 4 is 11.6 Å². The number of nitrogens with zero attached hydrogens (tertiary/aromatic N) is 1. The third-order valence-electron chi connectivity index (χ3n) is 2.83. The molecule has 1 aromatic carbocycles. The van der Waals surface area contributed by atoms with E-state index in [9.17, 15) is 9.50 Å². The summed E-state index contributed by atoms with van der Waals surface area (Å²) in [5.41, 5.74) is -0.290. The van der Waals surface area contributed by atoms with Crippen LogP contribution in [0.1, 0.15) is 18.4 Å². The first-order valence-electron chi connectivity index (χ1n) is 4.72. The molecule has 0 radical (unpaired) electrons. The van der Waals surface area contributed by atoms with E-state index in [4.69, 9.17) is 21.6 Å². The van der Waals surface area contributed by atoms with Gasteiger partial charge in [-0.1, -0.05) is 11.6 Å². The molecule has 1 aliphatic carbocycles. The number of aromatic hydroxyl groups is 1. The first-order chi connectivity index (χ1) is 7.55. The highest BCUT2D eigenvalue weighted by atomic mass is 35.5. The van der Waals surface area contributed by atoms with Gasteiger partial charge < -0.3 is 9.84 Å². The maximum absolute atomic E-state index is 13.4. The van der Waals surface area contributed by atoms with Crippen LogP contribution in [-0.4, -0.2) is 12.2 Å². The van der Waals surface area contributed by atoms with Gasteiger partial charge in [-0.05, 0) is 18.9 Å². The van der Waals surface area contributed by atoms with Gasteiger partial charge in [-0.15, -0.1) is 0 Å². The molecule has 16 heavy (non-hydrogen) atoms. The molecule has 0 amide bonds. The third-order valence-corrected chi connectivity index (χ3v) is 3.18. The first kappa shape index (κ1) is 11.0. The molecule has 2 rings (SSSR count). The van der Waals surface area contributed by atoms with Crippen molar-refractivity contribution in [2.75, 3.05) is 7.11 Å². The number of phenolic OH excluding ortho intramolecular Hbond substituents is 1. The van der Waals surface area contributed by atoms with E-state index in [1.54, 1.807) is 0 Å². The van der Waals surface area contributed by atoms with Crippen molar-refractivity contribution in [1.82, 2.24) is 0 Å². The lowest BCUT2D eigenvalue weighted by molar-refractivity contribution is 0.391. The van der Waals surface area contributed by atoms with Crippen LogP contribution >= 0.6 is 11.6 Å². The van der Waals surface area contributed by atoms with Crippen LogP contribution in [-0.2, 0) is 5.41 Å². The lowest BCUT2D eigenvalue weighted by atomic mass is 9.96. The number of methoxy groups -OCH3 is 1. The van der Waals surface area contributed by atoms with E-state index in [0.29, 0.717) is 18.4 Å². The van der Waals surface area contributed by atoms with E-state index in [-0.39, 0.29) is 10.8 Å². The summed E-state index contributed by atoms with van der Waals surface area (Å²) < 4.78 is 18.4. The zero-order chi connectivity index (χ0) is 11.9. The minimum absolute atomic E-state index is 0.180. The zero-order valence-corrected chi connectivity index (χ0v) is 9.31. The summed E-state index contributed by atoms with van der Waals surface area (Å²) in [6.45, 7) is 0. The van der Waals surface area contributed by atoms with Gasteiger partial charge in [0.1, 0.15) is 10.8 Å². The molecule has 5 heteroatoms. The molecule has 0 bridgehead atoms. The molecule has 1 fully saturated rings. The van der Waals surface area contributed by atoms with Crippen LogP contribution in [0.2, 0.25) is 5.02 Å². The molecule has 1 aromatic rings. The van der Waals surface area contributed by atoms with E-state index in [1.165, 1.54) is 7.11 Å². The number of rotatable bonds is 2. The van der Waals surface area contributed by atoms with Crippen LogP contribution in [0.4, 0.5) is 4.39 Å². The van der Waals surface area contributed by atoms with Gasteiger partial charge in [0.2, 0.25) is 0 Å². The molecule has 0 spiro atoms. The van der Waals surface area contributed by atoms with Crippen molar-refractivity contribution in [3.8, 4) is 17.6 Å². The fraction of sp³-hybridized carbons (Fsp3) is 0.364. The quantitative estimate of drug-likeness (QED) is 0.866. The lowest BCUT2D eigenvalue weighted by Crippen LogP contribution is -2.06. The maximum Gasteiger partial charge on any atom is 0.174 e. The Bertz CT molecular complexity index is 492. The van der Waals surface area contributed by atoms with Gasteiger partial charge in [-0.3, -0.25) is 0 Å². The van der Waals surface area contributed by atoms with Crippen LogP contribution in [0.5, 0.6) is 11.5 Å². The molecule has 0 atom stereocenters. The second-order valence-electron chi connectivity index (χ2n) is 3.80. The van der Waals surface area contributed by atoms with Gasteiger partial charge in [0, 0.05) is 5.56 Å². The fourth-order valence-corrected chi connectivity index (χ4v) is 1.98. The Hall–Kier alpha value is -1.47. The van der Waals surface area contributed by atoms with Crippen LogP contribution in [0.3, 0.4) is 0 Å². The topological polar surface area (TPSA) is 53.2 Å². The molecule has 0 unspecified atom stereocenters. The average Bonchev–Trinajstić information content (AvgIpc) is 3.06. The summed E-state index contributed by atoms with van der Waals surface area (Å²) in [6.07, 6.45) is 1.31. The molecular weight excluding hydrogens is 233 g/mol. The van der Waals surface area contributed by atoms with Crippen molar-refractivity contribution in [1.29, 1.82) is 5.26 Å². The fourth-order valence-electron chi connectivity index (χ4n) is 1.71. The molecule has 1 aliphatic rings. The Morgan fingerprint density at radius 3 is 2.69 bits per heavy atom. The number of nitriles is 1. The Kier molecular flexibility index (Phi) is 2.43. The average molecular weight is 242 g/mol. The summed E-state index contributed by atoms with van der Waals surface area (Å²) in [5.74, 6) is -1.29. The Morgan fingerprint density at radius 1 is 1.62 bits per heavy atom. The second-order valence-corrected chi connectivity index (χ2v) is 4.17. The normalized spacial score (nSPS) is 16.6. The Labute approximate surface area is 97.0 Å². The van der Waals surface area contributed by atoms with E-state index in [0.717, 1.165) is 6.07 Å². The maximum atomic E-state index is 13.4. The van der Waals surface area contributed by atoms with Crippen LogP contribution < -0.4 is 4.74 Å². The molecule has 0 aromatic heterocycles. The third kappa shape index (κ3) is 1.40. The summed E-state index contributed by atoms with van der Waals surface area (Å²) in [7, 11) is 1.37. The van der Waals surface area contributed by atoms with Gasteiger partial charge in [-0.2, -0.15) is 5.26 Å². The molecule has 1 N–H and O–H groups in total. The van der Waals surface area contributed by atoms with Crippen LogP contribution in [0, 0.1) is 17.1 Å². The van der Waals surface area contributed by atoms with Gasteiger partial charge in [-0.25, -0.2) is 4.39 Å². The lowest BCUT2D eigenvalue weighted by Gasteiger charge is -2.14. The molecule has 84 valence electrons. The van der Waals surface area contributed by atoms with Crippen LogP contribution in [0.25, 0.3) is 0 Å². The van der Waals surface area contributed by atoms with E-state index < -0.39 is 17.0 Å². The number of hydrogen-bond acceptors (Lipinski definition) is 3. The number of ether oxygens (including phenoxy) is 1. The van der Waals surface area contributed by atoms with Crippen molar-refractivity contribution in [3.63, 3.8) is 0 Å². The largest absolute Gasteiger partial charge is 0.504 e. The SMILES string of the molecule is COc1c(C2(C#N)CC2)cc(F)c(O)c1Cl. The van der Waals surface area contributed by atoms with Gasteiger partial charge in [0.05, 0.1) is 18.6 Å². The predicted molar refractivity (Wildman–Crippen MR) is 56.2 cm³/mol. The zero-order valence-electron chi connectivity index (χ0n) is 8.55. The summed E-state index contributed by atoms with van der Waals surface area (Å²) in [6, 6.07) is 3.25. The summed E-state index contributed by atoms with van der Waals surface area (Å²) >= 11 is 5.77. The van der Waals surface area contributed by atoms with E-state index in [1.807, 2.05) is 0 Å². The number of halogens is 2. The van der Waals surface area contributed by atoms with E-state index >= 15 is 0 Å². The molecule has 3 nitrogen and oxygen atoms in total. The van der Waals surface area contributed by atoms with Gasteiger partial charge >= 0.3 is 0 Å². The minimum atomic E-state index is -0.831. The summed E-state index contributed by atoms with van der Waals surface area (Å²) in [4.78, 5) is 0. The highest BCUT2D eigenvalue weighted by molar-refractivity contribution is 6.33. The van der Waals surface area contributed by atoms with Crippen molar-refractivity contribution in [2.45, 2.75) is 18.3 Å². The predicted octanol–water partition coefficient (Wildman–Crippen LogP) is 2.75. The molecule has 0 saturated heterocycles. The smallest absolute Gasteiger partial charge is 0.174 e. The number of phenols is 1. The molecule has 1 saturated carbocycles. The molecule has 0 aliphatic heterocycles. The summed E-state index contributed by atoms with van der Waals surface area (Å²) in [5, 5.41) is 18.2.